The van der Waals surface area contributed by atoms with Crippen LogP contribution in [0.2, 0.25) is 0 Å². The standard InChI is InChI=1S/C19H16N2O2S/c22-16(18-10-13-3-1-2-4-17(13)24-18)11-21-19(23)14-5-6-15-12(9-14)7-8-20-15/h1-10,16,20,22H,11H2,(H,21,23). The lowest BCUT2D eigenvalue weighted by atomic mass is 10.1. The van der Waals surface area contributed by atoms with Gasteiger partial charge in [0.25, 0.3) is 5.91 Å². The number of carbonyl (C=O) groups is 1. The van der Waals surface area contributed by atoms with E-state index in [1.165, 1.54) is 0 Å². The van der Waals surface area contributed by atoms with Gasteiger partial charge in [0.05, 0.1) is 0 Å². The summed E-state index contributed by atoms with van der Waals surface area (Å²) in [7, 11) is 0. The third-order valence-electron chi connectivity index (χ3n) is 4.04. The number of benzene rings is 2. The molecule has 0 spiro atoms. The van der Waals surface area contributed by atoms with Crippen molar-refractivity contribution in [1.82, 2.24) is 10.3 Å². The predicted octanol–water partition coefficient (Wildman–Crippen LogP) is 3.85. The lowest BCUT2D eigenvalue weighted by Crippen LogP contribution is -2.28. The summed E-state index contributed by atoms with van der Waals surface area (Å²) >= 11 is 1.55. The second kappa shape index (κ2) is 6.11. The molecular weight excluding hydrogens is 320 g/mol. The van der Waals surface area contributed by atoms with Gasteiger partial charge in [-0.05, 0) is 41.8 Å². The first-order chi connectivity index (χ1) is 11.7. The van der Waals surface area contributed by atoms with Gasteiger partial charge in [-0.3, -0.25) is 4.79 Å². The third kappa shape index (κ3) is 2.79. The van der Waals surface area contributed by atoms with Crippen molar-refractivity contribution in [2.75, 3.05) is 6.54 Å². The highest BCUT2D eigenvalue weighted by Crippen LogP contribution is 2.29. The molecule has 4 rings (SSSR count). The lowest BCUT2D eigenvalue weighted by molar-refractivity contribution is 0.0918. The molecule has 0 saturated heterocycles. The fourth-order valence-electron chi connectivity index (χ4n) is 2.75. The Balaban J connectivity index is 1.45. The maximum Gasteiger partial charge on any atom is 0.251 e. The summed E-state index contributed by atoms with van der Waals surface area (Å²) in [5.41, 5.74) is 1.59. The number of nitrogens with one attached hydrogen (secondary N) is 2. The quantitative estimate of drug-likeness (QED) is 0.530. The maximum atomic E-state index is 12.3. The minimum Gasteiger partial charge on any atom is -0.386 e. The number of aromatic amines is 1. The molecule has 4 aromatic rings. The highest BCUT2D eigenvalue weighted by atomic mass is 32.1. The van der Waals surface area contributed by atoms with Crippen LogP contribution in [0.25, 0.3) is 21.0 Å². The molecule has 0 radical (unpaired) electrons. The summed E-state index contributed by atoms with van der Waals surface area (Å²) in [6, 6.07) is 17.4. The van der Waals surface area contributed by atoms with E-state index in [1.807, 2.05) is 54.7 Å². The Morgan fingerprint density at radius 2 is 2.00 bits per heavy atom. The van der Waals surface area contributed by atoms with Gasteiger partial charge in [-0.15, -0.1) is 11.3 Å². The zero-order chi connectivity index (χ0) is 16.5. The number of thiophene rings is 1. The Bertz CT molecular complexity index is 985. The molecule has 5 heteroatoms. The monoisotopic (exact) mass is 336 g/mol. The van der Waals surface area contributed by atoms with E-state index in [0.717, 1.165) is 25.9 Å². The van der Waals surface area contributed by atoms with E-state index >= 15 is 0 Å². The average Bonchev–Trinajstić information content (AvgIpc) is 3.24. The Morgan fingerprint density at radius 3 is 2.88 bits per heavy atom. The van der Waals surface area contributed by atoms with E-state index in [2.05, 4.69) is 10.3 Å². The Morgan fingerprint density at radius 1 is 1.12 bits per heavy atom. The zero-order valence-electron chi connectivity index (χ0n) is 12.8. The molecule has 0 bridgehead atoms. The number of rotatable bonds is 4. The van der Waals surface area contributed by atoms with E-state index in [9.17, 15) is 9.90 Å². The summed E-state index contributed by atoms with van der Waals surface area (Å²) < 4.78 is 1.13. The van der Waals surface area contributed by atoms with Crippen molar-refractivity contribution in [2.24, 2.45) is 0 Å². The summed E-state index contributed by atoms with van der Waals surface area (Å²) in [6.07, 6.45) is 1.14. The number of hydrogen-bond acceptors (Lipinski definition) is 3. The summed E-state index contributed by atoms with van der Waals surface area (Å²) in [4.78, 5) is 16.2. The van der Waals surface area contributed by atoms with E-state index in [4.69, 9.17) is 0 Å². The summed E-state index contributed by atoms with van der Waals surface area (Å²) in [5.74, 6) is -0.182. The van der Waals surface area contributed by atoms with Gasteiger partial charge in [-0.2, -0.15) is 0 Å². The van der Waals surface area contributed by atoms with Gasteiger partial charge in [0, 0.05) is 38.8 Å². The average molecular weight is 336 g/mol. The first-order valence-corrected chi connectivity index (χ1v) is 8.54. The molecule has 1 amide bonds. The lowest BCUT2D eigenvalue weighted by Gasteiger charge is -2.10. The second-order valence-electron chi connectivity index (χ2n) is 5.69. The fourth-order valence-corrected chi connectivity index (χ4v) is 3.80. The van der Waals surface area contributed by atoms with Gasteiger partial charge in [0.2, 0.25) is 0 Å². The van der Waals surface area contributed by atoms with Gasteiger partial charge in [-0.25, -0.2) is 0 Å². The van der Waals surface area contributed by atoms with E-state index in [0.29, 0.717) is 5.56 Å². The Kier molecular flexibility index (Phi) is 3.80. The molecule has 0 fully saturated rings. The maximum absolute atomic E-state index is 12.3. The zero-order valence-corrected chi connectivity index (χ0v) is 13.6. The molecule has 1 unspecified atom stereocenters. The number of aromatic nitrogens is 1. The van der Waals surface area contributed by atoms with Crippen LogP contribution in [0.4, 0.5) is 0 Å². The molecule has 2 aromatic carbocycles. The molecule has 120 valence electrons. The van der Waals surface area contributed by atoms with Crippen molar-refractivity contribution < 1.29 is 9.90 Å². The number of fused-ring (bicyclic) bond motifs is 2. The summed E-state index contributed by atoms with van der Waals surface area (Å²) in [5, 5.41) is 15.3. The summed E-state index contributed by atoms with van der Waals surface area (Å²) in [6.45, 7) is 0.191. The van der Waals surface area contributed by atoms with Crippen molar-refractivity contribution in [3.8, 4) is 0 Å². The number of hydrogen-bond donors (Lipinski definition) is 3. The van der Waals surface area contributed by atoms with Crippen LogP contribution in [0.15, 0.2) is 60.8 Å². The molecule has 1 atom stereocenters. The van der Waals surface area contributed by atoms with Crippen LogP contribution < -0.4 is 5.32 Å². The van der Waals surface area contributed by atoms with Crippen LogP contribution in [-0.4, -0.2) is 22.5 Å². The van der Waals surface area contributed by atoms with E-state index in [1.54, 1.807) is 17.4 Å². The first-order valence-electron chi connectivity index (χ1n) is 7.72. The molecule has 4 nitrogen and oxygen atoms in total. The topological polar surface area (TPSA) is 65.1 Å². The largest absolute Gasteiger partial charge is 0.386 e. The normalized spacial score (nSPS) is 12.5. The number of aliphatic hydroxyl groups excluding tert-OH is 1. The number of amides is 1. The second-order valence-corrected chi connectivity index (χ2v) is 6.81. The SMILES string of the molecule is O=C(NCC(O)c1cc2ccccc2s1)c1ccc2[nH]ccc2c1. The van der Waals surface area contributed by atoms with Crippen molar-refractivity contribution >= 4 is 38.2 Å². The van der Waals surface area contributed by atoms with Crippen molar-refractivity contribution in [2.45, 2.75) is 6.10 Å². The smallest absolute Gasteiger partial charge is 0.251 e. The van der Waals surface area contributed by atoms with Crippen LogP contribution in [0.1, 0.15) is 21.3 Å². The molecule has 2 aromatic heterocycles. The van der Waals surface area contributed by atoms with Gasteiger partial charge in [-0.1, -0.05) is 18.2 Å². The molecule has 24 heavy (non-hydrogen) atoms. The molecule has 0 aliphatic rings. The minimum atomic E-state index is -0.706. The molecule has 0 saturated carbocycles. The van der Waals surface area contributed by atoms with Crippen LogP contribution in [0, 0.1) is 0 Å². The van der Waals surface area contributed by atoms with E-state index < -0.39 is 6.10 Å². The highest BCUT2D eigenvalue weighted by Gasteiger charge is 2.14. The van der Waals surface area contributed by atoms with Gasteiger partial charge < -0.3 is 15.4 Å². The Hall–Kier alpha value is -2.63. The van der Waals surface area contributed by atoms with Crippen LogP contribution in [0.5, 0.6) is 0 Å². The van der Waals surface area contributed by atoms with Crippen LogP contribution in [0.3, 0.4) is 0 Å². The molecular formula is C19H16N2O2S. The molecule has 0 aliphatic heterocycles. The molecule has 2 heterocycles. The number of aliphatic hydroxyl groups is 1. The molecule has 0 aliphatic carbocycles. The number of carbonyl (C=O) groups excluding carboxylic acids is 1. The Labute approximate surface area is 142 Å². The highest BCUT2D eigenvalue weighted by molar-refractivity contribution is 7.19. The van der Waals surface area contributed by atoms with Crippen molar-refractivity contribution in [3.63, 3.8) is 0 Å². The van der Waals surface area contributed by atoms with Gasteiger partial charge in [0.15, 0.2) is 0 Å². The van der Waals surface area contributed by atoms with Gasteiger partial charge in [0.1, 0.15) is 6.10 Å². The molecule has 3 N–H and O–H groups in total. The van der Waals surface area contributed by atoms with E-state index in [-0.39, 0.29) is 12.5 Å². The van der Waals surface area contributed by atoms with Crippen molar-refractivity contribution in [1.29, 1.82) is 0 Å². The third-order valence-corrected chi connectivity index (χ3v) is 5.26. The van der Waals surface area contributed by atoms with Crippen LogP contribution >= 0.6 is 11.3 Å². The van der Waals surface area contributed by atoms with Crippen molar-refractivity contribution in [3.05, 3.63) is 71.2 Å². The van der Waals surface area contributed by atoms with Gasteiger partial charge >= 0.3 is 0 Å². The minimum absolute atomic E-state index is 0.182. The first kappa shape index (κ1) is 14.9. The number of H-pyrrole nitrogens is 1. The fraction of sp³-hybridized carbons (Fsp3) is 0.105. The van der Waals surface area contributed by atoms with Crippen LogP contribution in [-0.2, 0) is 0 Å². The predicted molar refractivity (Wildman–Crippen MR) is 97.4 cm³/mol.